The van der Waals surface area contributed by atoms with Crippen LogP contribution < -0.4 is 0 Å². The first-order valence-corrected chi connectivity index (χ1v) is 5.14. The third kappa shape index (κ3) is 2.22. The van der Waals surface area contributed by atoms with Crippen molar-refractivity contribution in [3.8, 4) is 0 Å². The molecule has 72 valence electrons. The maximum atomic E-state index is 2.47. The Morgan fingerprint density at radius 2 is 1.92 bits per heavy atom. The second-order valence-electron chi connectivity index (χ2n) is 5.90. The molecule has 0 heterocycles. The Morgan fingerprint density at radius 3 is 2.25 bits per heavy atom. The Labute approximate surface area is 77.4 Å². The van der Waals surface area contributed by atoms with Crippen LogP contribution in [0.2, 0.25) is 0 Å². The third-order valence-electron chi connectivity index (χ3n) is 3.41. The van der Waals surface area contributed by atoms with Crippen molar-refractivity contribution in [1.82, 2.24) is 0 Å². The van der Waals surface area contributed by atoms with E-state index in [9.17, 15) is 0 Å². The topological polar surface area (TPSA) is 0 Å². The van der Waals surface area contributed by atoms with E-state index in [1.807, 2.05) is 0 Å². The summed E-state index contributed by atoms with van der Waals surface area (Å²) in [5, 5.41) is 0. The van der Waals surface area contributed by atoms with E-state index in [0.717, 1.165) is 10.4 Å². The van der Waals surface area contributed by atoms with Crippen LogP contribution in [0.25, 0.3) is 0 Å². The quantitative estimate of drug-likeness (QED) is 0.559. The monoisotopic (exact) mass is 170 g/mol. The maximum absolute atomic E-state index is 2.47. The van der Waals surface area contributed by atoms with Gasteiger partial charge in [-0.25, -0.2) is 0 Å². The molecule has 0 aromatic rings. The van der Waals surface area contributed by atoms with Gasteiger partial charge >= 0.3 is 0 Å². The molecule has 1 nitrogen and oxygen atoms in total. The van der Waals surface area contributed by atoms with Crippen molar-refractivity contribution in [3.05, 3.63) is 0 Å². The fraction of sp³-hybridized carbons (Fsp3) is 1.00. The van der Waals surface area contributed by atoms with Crippen molar-refractivity contribution >= 4 is 0 Å². The van der Waals surface area contributed by atoms with Crippen LogP contribution >= 0.6 is 0 Å². The minimum absolute atomic E-state index is 0.609. The van der Waals surface area contributed by atoms with Gasteiger partial charge in [0, 0.05) is 5.41 Å². The van der Waals surface area contributed by atoms with E-state index in [1.165, 1.54) is 25.8 Å². The van der Waals surface area contributed by atoms with Crippen LogP contribution in [0.4, 0.5) is 0 Å². The first-order valence-electron chi connectivity index (χ1n) is 5.14. The van der Waals surface area contributed by atoms with Gasteiger partial charge in [-0.2, -0.15) is 0 Å². The van der Waals surface area contributed by atoms with Gasteiger partial charge in [-0.15, -0.1) is 0 Å². The number of quaternary nitrogens is 1. The molecule has 0 aromatic heterocycles. The van der Waals surface area contributed by atoms with Crippen LogP contribution in [0.15, 0.2) is 0 Å². The normalized spacial score (nSPS) is 37.2. The molecule has 0 spiro atoms. The minimum Gasteiger partial charge on any atom is -0.330 e. The SMILES string of the molecule is CC1CCCC1(C)C[N+](C)(C)C. The second kappa shape index (κ2) is 3.02. The summed E-state index contributed by atoms with van der Waals surface area (Å²) < 4.78 is 1.11. The molecule has 2 unspecified atom stereocenters. The molecule has 1 fully saturated rings. The van der Waals surface area contributed by atoms with Crippen LogP contribution in [0.1, 0.15) is 33.1 Å². The fourth-order valence-electron chi connectivity index (χ4n) is 2.73. The van der Waals surface area contributed by atoms with Crippen LogP contribution in [-0.2, 0) is 0 Å². The minimum atomic E-state index is 0.609. The van der Waals surface area contributed by atoms with Crippen LogP contribution in [0.5, 0.6) is 0 Å². The molecule has 12 heavy (non-hydrogen) atoms. The lowest BCUT2D eigenvalue weighted by molar-refractivity contribution is -0.877. The van der Waals surface area contributed by atoms with E-state index < -0.39 is 0 Å². The van der Waals surface area contributed by atoms with E-state index in [4.69, 9.17) is 0 Å². The van der Waals surface area contributed by atoms with Gasteiger partial charge < -0.3 is 4.48 Å². The third-order valence-corrected chi connectivity index (χ3v) is 3.41. The molecule has 0 aliphatic heterocycles. The van der Waals surface area contributed by atoms with Gasteiger partial charge in [-0.3, -0.25) is 0 Å². The van der Waals surface area contributed by atoms with Gasteiger partial charge in [0.15, 0.2) is 0 Å². The lowest BCUT2D eigenvalue weighted by atomic mass is 9.80. The van der Waals surface area contributed by atoms with E-state index in [2.05, 4.69) is 35.0 Å². The first-order chi connectivity index (χ1) is 5.33. The van der Waals surface area contributed by atoms with E-state index in [1.54, 1.807) is 0 Å². The lowest BCUT2D eigenvalue weighted by Crippen LogP contribution is -2.44. The molecule has 2 atom stereocenters. The largest absolute Gasteiger partial charge is 0.330 e. The molecule has 0 radical (unpaired) electrons. The van der Waals surface area contributed by atoms with Gasteiger partial charge in [0.05, 0.1) is 27.7 Å². The summed E-state index contributed by atoms with van der Waals surface area (Å²) in [4.78, 5) is 0. The molecular formula is C11H24N+. The van der Waals surface area contributed by atoms with Gasteiger partial charge in [0.2, 0.25) is 0 Å². The van der Waals surface area contributed by atoms with Crippen molar-refractivity contribution in [2.24, 2.45) is 11.3 Å². The predicted molar refractivity (Wildman–Crippen MR) is 54.0 cm³/mol. The van der Waals surface area contributed by atoms with E-state index >= 15 is 0 Å². The summed E-state index contributed by atoms with van der Waals surface area (Å²) in [7, 11) is 6.91. The molecule has 0 aromatic carbocycles. The van der Waals surface area contributed by atoms with Crippen LogP contribution in [0.3, 0.4) is 0 Å². The van der Waals surface area contributed by atoms with Gasteiger partial charge in [-0.1, -0.05) is 20.3 Å². The highest BCUT2D eigenvalue weighted by Crippen LogP contribution is 2.43. The first kappa shape index (κ1) is 10.0. The zero-order chi connectivity index (χ0) is 9.41. The Bertz CT molecular complexity index is 157. The smallest absolute Gasteiger partial charge is 0.0837 e. The van der Waals surface area contributed by atoms with Gasteiger partial charge in [0.1, 0.15) is 0 Å². The molecule has 1 aliphatic carbocycles. The zero-order valence-corrected chi connectivity index (χ0v) is 9.35. The summed E-state index contributed by atoms with van der Waals surface area (Å²) in [6.07, 6.45) is 4.32. The number of hydrogen-bond acceptors (Lipinski definition) is 0. The number of hydrogen-bond donors (Lipinski definition) is 0. The summed E-state index contributed by atoms with van der Waals surface area (Å²) in [6, 6.07) is 0. The molecule has 0 N–H and O–H groups in total. The predicted octanol–water partition coefficient (Wildman–Crippen LogP) is 2.52. The summed E-state index contributed by atoms with van der Waals surface area (Å²) >= 11 is 0. The van der Waals surface area contributed by atoms with E-state index in [0.29, 0.717) is 5.41 Å². The van der Waals surface area contributed by atoms with Crippen LogP contribution in [-0.4, -0.2) is 32.2 Å². The second-order valence-corrected chi connectivity index (χ2v) is 5.90. The zero-order valence-electron chi connectivity index (χ0n) is 9.35. The Balaban J connectivity index is 2.60. The van der Waals surface area contributed by atoms with Crippen molar-refractivity contribution in [2.75, 3.05) is 27.7 Å². The van der Waals surface area contributed by atoms with Crippen molar-refractivity contribution < 1.29 is 4.48 Å². The van der Waals surface area contributed by atoms with Crippen molar-refractivity contribution in [3.63, 3.8) is 0 Å². The van der Waals surface area contributed by atoms with Crippen molar-refractivity contribution in [2.45, 2.75) is 33.1 Å². The summed E-state index contributed by atoms with van der Waals surface area (Å²) in [5.74, 6) is 0.926. The molecule has 1 saturated carbocycles. The Morgan fingerprint density at radius 1 is 1.33 bits per heavy atom. The van der Waals surface area contributed by atoms with Gasteiger partial charge in [-0.05, 0) is 18.8 Å². The summed E-state index contributed by atoms with van der Waals surface area (Å²) in [6.45, 7) is 6.21. The molecule has 0 bridgehead atoms. The highest BCUT2D eigenvalue weighted by atomic mass is 15.3. The highest BCUT2D eigenvalue weighted by Gasteiger charge is 2.39. The maximum Gasteiger partial charge on any atom is 0.0837 e. The number of nitrogens with zero attached hydrogens (tertiary/aromatic N) is 1. The molecule has 1 rings (SSSR count). The average Bonchev–Trinajstić information content (AvgIpc) is 2.08. The van der Waals surface area contributed by atoms with E-state index in [-0.39, 0.29) is 0 Å². The highest BCUT2D eigenvalue weighted by molar-refractivity contribution is 4.85. The molecule has 1 heteroatoms. The fourth-order valence-corrected chi connectivity index (χ4v) is 2.73. The van der Waals surface area contributed by atoms with Crippen LogP contribution in [0, 0.1) is 11.3 Å². The molecule has 0 saturated heterocycles. The average molecular weight is 170 g/mol. The Hall–Kier alpha value is -0.0400. The lowest BCUT2D eigenvalue weighted by Gasteiger charge is -2.37. The van der Waals surface area contributed by atoms with Gasteiger partial charge in [0.25, 0.3) is 0 Å². The summed E-state index contributed by atoms with van der Waals surface area (Å²) in [5.41, 5.74) is 0.609. The molecule has 0 amide bonds. The standard InChI is InChI=1S/C11H24N/c1-10-7-6-8-11(10,2)9-12(3,4)5/h10H,6-9H2,1-5H3/q+1. The Kier molecular flexibility index (Phi) is 2.53. The number of rotatable bonds is 2. The molecule has 1 aliphatic rings. The molecular weight excluding hydrogens is 146 g/mol. The van der Waals surface area contributed by atoms with Crippen molar-refractivity contribution in [1.29, 1.82) is 0 Å².